The average Bonchev–Trinajstić information content (AvgIpc) is 2.87. The van der Waals surface area contributed by atoms with Crippen molar-refractivity contribution in [1.82, 2.24) is 0 Å². The highest BCUT2D eigenvalue weighted by molar-refractivity contribution is 5.95. The molecular weight excluding hydrogens is 468 g/mol. The van der Waals surface area contributed by atoms with Gasteiger partial charge in [-0.15, -0.1) is 0 Å². The largest absolute Gasteiger partial charge is 0.493 e. The highest BCUT2D eigenvalue weighted by atomic mass is 16.6. The van der Waals surface area contributed by atoms with E-state index in [1.165, 1.54) is 0 Å². The second-order valence-corrected chi connectivity index (χ2v) is 7.71. The number of ether oxygens (including phenoxy) is 7. The molecule has 0 unspecified atom stereocenters. The number of carbonyl (C=O) groups is 2. The van der Waals surface area contributed by atoms with Crippen molar-refractivity contribution >= 4 is 22.7 Å². The zero-order valence-electron chi connectivity index (χ0n) is 21.1. The van der Waals surface area contributed by atoms with Crippen molar-refractivity contribution in [2.75, 3.05) is 60.0 Å². The normalized spacial score (nSPS) is 10.5. The Morgan fingerprint density at radius 3 is 1.72 bits per heavy atom. The number of fused-ring (bicyclic) bond motifs is 1. The molecule has 0 amide bonds. The van der Waals surface area contributed by atoms with Crippen molar-refractivity contribution in [3.05, 3.63) is 54.6 Å². The molecule has 0 radical (unpaired) electrons. The van der Waals surface area contributed by atoms with Gasteiger partial charge in [0.15, 0.2) is 11.5 Å². The molecule has 0 aliphatic carbocycles. The molecule has 0 fully saturated rings. The Morgan fingerprint density at radius 2 is 1.19 bits per heavy atom. The van der Waals surface area contributed by atoms with Gasteiger partial charge in [0, 0.05) is 28.0 Å². The van der Waals surface area contributed by atoms with Crippen molar-refractivity contribution in [1.29, 1.82) is 0 Å². The molecule has 2 aromatic carbocycles. The lowest BCUT2D eigenvalue weighted by Crippen LogP contribution is -2.14. The smallest absolute Gasteiger partial charge is 0.333 e. The van der Waals surface area contributed by atoms with Crippen LogP contribution in [0.15, 0.2) is 54.6 Å². The maximum atomic E-state index is 11.4. The first-order valence-corrected chi connectivity index (χ1v) is 11.5. The topological polar surface area (TPSA) is 98.8 Å². The van der Waals surface area contributed by atoms with Crippen LogP contribution in [0.5, 0.6) is 17.2 Å². The molecule has 0 heterocycles. The van der Waals surface area contributed by atoms with Gasteiger partial charge in [-0.2, -0.15) is 0 Å². The van der Waals surface area contributed by atoms with Gasteiger partial charge in [-0.3, -0.25) is 0 Å². The molecule has 0 N–H and O–H groups in total. The highest BCUT2D eigenvalue weighted by Gasteiger charge is 2.15. The summed E-state index contributed by atoms with van der Waals surface area (Å²) in [5.41, 5.74) is 0.694. The van der Waals surface area contributed by atoms with Crippen molar-refractivity contribution in [3.63, 3.8) is 0 Å². The van der Waals surface area contributed by atoms with Crippen LogP contribution in [0, 0.1) is 0 Å². The molecule has 0 saturated heterocycles. The van der Waals surface area contributed by atoms with Gasteiger partial charge in [-0.25, -0.2) is 9.59 Å². The Labute approximate surface area is 211 Å². The van der Waals surface area contributed by atoms with Crippen molar-refractivity contribution < 1.29 is 42.7 Å². The Hall–Kier alpha value is -3.56. The molecule has 0 saturated carbocycles. The lowest BCUT2D eigenvalue weighted by molar-refractivity contribution is -0.141. The van der Waals surface area contributed by atoms with Crippen LogP contribution < -0.4 is 14.2 Å². The van der Waals surface area contributed by atoms with Crippen LogP contribution >= 0.6 is 0 Å². The summed E-state index contributed by atoms with van der Waals surface area (Å²) >= 11 is 0. The minimum atomic E-state index is -0.441. The van der Waals surface area contributed by atoms with Crippen molar-refractivity contribution in [2.24, 2.45) is 0 Å². The number of rotatable bonds is 17. The number of benzene rings is 2. The van der Waals surface area contributed by atoms with Gasteiger partial charge >= 0.3 is 11.9 Å². The summed E-state index contributed by atoms with van der Waals surface area (Å²) in [6.45, 7) is 12.2. The lowest BCUT2D eigenvalue weighted by atomic mass is 10.1. The van der Waals surface area contributed by atoms with Crippen LogP contribution in [-0.4, -0.2) is 71.9 Å². The first-order valence-electron chi connectivity index (χ1n) is 11.5. The zero-order chi connectivity index (χ0) is 26.3. The Kier molecular flexibility index (Phi) is 12.3. The molecule has 0 bridgehead atoms. The van der Waals surface area contributed by atoms with Crippen LogP contribution in [0.2, 0.25) is 0 Å². The maximum Gasteiger partial charge on any atom is 0.333 e. The van der Waals surface area contributed by atoms with Crippen LogP contribution in [0.3, 0.4) is 0 Å². The molecule has 2 rings (SSSR count). The Bertz CT molecular complexity index is 1040. The van der Waals surface area contributed by atoms with Gasteiger partial charge < -0.3 is 33.2 Å². The van der Waals surface area contributed by atoms with Gasteiger partial charge in [-0.05, 0) is 13.8 Å². The van der Waals surface area contributed by atoms with Gasteiger partial charge in [0.25, 0.3) is 0 Å². The van der Waals surface area contributed by atoms with Crippen molar-refractivity contribution in [2.45, 2.75) is 13.8 Å². The van der Waals surface area contributed by atoms with Crippen LogP contribution in [0.25, 0.3) is 10.8 Å². The zero-order valence-corrected chi connectivity index (χ0v) is 21.1. The molecule has 9 nitrogen and oxygen atoms in total. The van der Waals surface area contributed by atoms with E-state index in [0.29, 0.717) is 48.2 Å². The molecule has 0 atom stereocenters. The molecular formula is C27H34O9. The minimum Gasteiger partial charge on any atom is -0.493 e. The summed E-state index contributed by atoms with van der Waals surface area (Å²) in [7, 11) is 1.56. The summed E-state index contributed by atoms with van der Waals surface area (Å²) in [5.74, 6) is 0.846. The fourth-order valence-electron chi connectivity index (χ4n) is 2.96. The van der Waals surface area contributed by atoms with E-state index in [9.17, 15) is 9.59 Å². The number of esters is 2. The van der Waals surface area contributed by atoms with E-state index in [4.69, 9.17) is 33.2 Å². The number of carbonyl (C=O) groups excluding carboxylic acids is 2. The van der Waals surface area contributed by atoms with Gasteiger partial charge in [0.05, 0.1) is 33.5 Å². The third-order valence-electron chi connectivity index (χ3n) is 4.72. The summed E-state index contributed by atoms with van der Waals surface area (Å²) in [5, 5.41) is 1.69. The predicted molar refractivity (Wildman–Crippen MR) is 135 cm³/mol. The number of hydrogen-bond acceptors (Lipinski definition) is 9. The second kappa shape index (κ2) is 15.4. The lowest BCUT2D eigenvalue weighted by Gasteiger charge is -2.17. The average molecular weight is 503 g/mol. The van der Waals surface area contributed by atoms with Gasteiger partial charge in [0.2, 0.25) is 0 Å². The Balaban J connectivity index is 1.86. The third kappa shape index (κ3) is 9.24. The maximum absolute atomic E-state index is 11.4. The SMILES string of the molecule is C=C(C)C(=O)OCCOCCOc1cc(OC)c(OCCOCCOC(=O)C(=C)C)c2ccccc12. The molecule has 0 aliphatic rings. The summed E-state index contributed by atoms with van der Waals surface area (Å²) in [6, 6.07) is 9.43. The monoisotopic (exact) mass is 502 g/mol. The molecule has 0 aliphatic heterocycles. The van der Waals surface area contributed by atoms with Crippen LogP contribution in [-0.2, 0) is 28.5 Å². The summed E-state index contributed by atoms with van der Waals surface area (Å²) in [4.78, 5) is 22.7. The van der Waals surface area contributed by atoms with Crippen LogP contribution in [0.1, 0.15) is 13.8 Å². The fourth-order valence-corrected chi connectivity index (χ4v) is 2.96. The Morgan fingerprint density at radius 1 is 0.694 bits per heavy atom. The number of methoxy groups -OCH3 is 1. The molecule has 9 heteroatoms. The third-order valence-corrected chi connectivity index (χ3v) is 4.72. The predicted octanol–water partition coefficient (Wildman–Crippen LogP) is 3.88. The molecule has 36 heavy (non-hydrogen) atoms. The fraction of sp³-hybridized carbons (Fsp3) is 0.407. The second-order valence-electron chi connectivity index (χ2n) is 7.71. The quantitative estimate of drug-likeness (QED) is 0.181. The van der Waals surface area contributed by atoms with E-state index in [0.717, 1.165) is 10.8 Å². The first-order chi connectivity index (χ1) is 17.3. The van der Waals surface area contributed by atoms with E-state index < -0.39 is 11.9 Å². The van der Waals surface area contributed by atoms with E-state index >= 15 is 0 Å². The van der Waals surface area contributed by atoms with Gasteiger partial charge in [-0.1, -0.05) is 37.4 Å². The first kappa shape index (κ1) is 28.7. The van der Waals surface area contributed by atoms with Crippen LogP contribution in [0.4, 0.5) is 0 Å². The molecule has 2 aromatic rings. The molecule has 196 valence electrons. The van der Waals surface area contributed by atoms with E-state index in [2.05, 4.69) is 13.2 Å². The summed E-state index contributed by atoms with van der Waals surface area (Å²) < 4.78 is 38.3. The highest BCUT2D eigenvalue weighted by Crippen LogP contribution is 2.41. The van der Waals surface area contributed by atoms with E-state index in [-0.39, 0.29) is 33.0 Å². The standard InChI is InChI=1S/C27H34O9/c1-19(2)26(28)35-16-12-31-10-14-33-23-18-24(30-5)25(22-9-7-6-8-21(22)23)34-15-11-32-13-17-36-27(29)20(3)4/h6-9,18H,1,3,10-17H2,2,4-5H3. The minimum absolute atomic E-state index is 0.146. The van der Waals surface area contributed by atoms with E-state index in [1.807, 2.05) is 24.3 Å². The summed E-state index contributed by atoms with van der Waals surface area (Å²) in [6.07, 6.45) is 0. The van der Waals surface area contributed by atoms with Crippen molar-refractivity contribution in [3.8, 4) is 17.2 Å². The van der Waals surface area contributed by atoms with E-state index in [1.54, 1.807) is 27.0 Å². The van der Waals surface area contributed by atoms with Gasteiger partial charge in [0.1, 0.15) is 32.2 Å². The number of hydrogen-bond donors (Lipinski definition) is 0. The molecule has 0 aromatic heterocycles. The molecule has 0 spiro atoms.